The van der Waals surface area contributed by atoms with E-state index in [0.717, 1.165) is 24.0 Å². The van der Waals surface area contributed by atoms with Crippen molar-refractivity contribution >= 4 is 28.5 Å². The number of ether oxygens (including phenoxy) is 1. The van der Waals surface area contributed by atoms with Gasteiger partial charge in [0.1, 0.15) is 5.58 Å². The van der Waals surface area contributed by atoms with Crippen LogP contribution in [0.3, 0.4) is 0 Å². The Morgan fingerprint density at radius 1 is 1.09 bits per heavy atom. The van der Waals surface area contributed by atoms with Crippen molar-refractivity contribution in [2.45, 2.75) is 45.3 Å². The van der Waals surface area contributed by atoms with Gasteiger partial charge in [-0.2, -0.15) is 0 Å². The molecule has 174 valence electrons. The minimum atomic E-state index is -1.56. The topological polar surface area (TPSA) is 80.1 Å². The molecule has 0 N–H and O–H groups in total. The van der Waals surface area contributed by atoms with Crippen LogP contribution in [0.2, 0.25) is 0 Å². The Morgan fingerprint density at radius 3 is 2.59 bits per heavy atom. The summed E-state index contributed by atoms with van der Waals surface area (Å²) in [5.74, 6) is -0.777. The largest absolute Gasteiger partial charge is 0.450 e. The smallest absolute Gasteiger partial charge is 0.291 e. The van der Waals surface area contributed by atoms with Crippen molar-refractivity contribution in [2.75, 3.05) is 24.6 Å². The highest BCUT2D eigenvalue weighted by Crippen LogP contribution is 2.52. The molecular formula is C27H26N2O5. The molecule has 3 aliphatic rings. The van der Waals surface area contributed by atoms with Crippen LogP contribution < -0.4 is 10.3 Å². The van der Waals surface area contributed by atoms with Crippen molar-refractivity contribution < 1.29 is 18.7 Å². The summed E-state index contributed by atoms with van der Waals surface area (Å²) in [6.07, 6.45) is 1.50. The van der Waals surface area contributed by atoms with Crippen LogP contribution >= 0.6 is 0 Å². The van der Waals surface area contributed by atoms with Crippen molar-refractivity contribution in [1.82, 2.24) is 4.90 Å². The van der Waals surface area contributed by atoms with Gasteiger partial charge in [0.05, 0.1) is 22.7 Å². The van der Waals surface area contributed by atoms with Gasteiger partial charge in [-0.05, 0) is 62.9 Å². The highest BCUT2D eigenvalue weighted by molar-refractivity contribution is 6.17. The zero-order chi connectivity index (χ0) is 23.8. The fourth-order valence-corrected chi connectivity index (χ4v) is 5.80. The van der Waals surface area contributed by atoms with Gasteiger partial charge in [0.15, 0.2) is 11.0 Å². The number of fused-ring (bicyclic) bond motifs is 5. The number of anilines is 1. The lowest BCUT2D eigenvalue weighted by molar-refractivity contribution is -0.126. The number of para-hydroxylation sites is 1. The van der Waals surface area contributed by atoms with E-state index in [-0.39, 0.29) is 35.3 Å². The summed E-state index contributed by atoms with van der Waals surface area (Å²) in [5, 5.41) is 0.383. The standard InChI is InChI=1S/C27H26N2O5/c1-4-28-20-10-6-5-9-19(20)27(26(28)32)22-23(30)18-12-15(2)16(3)13-21(18)34-24(22)25(31)29(27)14-17-8-7-11-33-17/h5-6,9-10,12-13,17H,4,7-8,11,14H2,1-3H3/t17-,27+/m1/s1. The van der Waals surface area contributed by atoms with E-state index in [4.69, 9.17) is 9.15 Å². The lowest BCUT2D eigenvalue weighted by Crippen LogP contribution is -2.55. The summed E-state index contributed by atoms with van der Waals surface area (Å²) in [6.45, 7) is 7.02. The molecule has 4 heterocycles. The first-order valence-corrected chi connectivity index (χ1v) is 11.8. The molecular weight excluding hydrogens is 432 g/mol. The number of rotatable bonds is 3. The van der Waals surface area contributed by atoms with Crippen LogP contribution in [0, 0.1) is 13.8 Å². The van der Waals surface area contributed by atoms with Gasteiger partial charge in [-0.1, -0.05) is 18.2 Å². The first-order valence-electron chi connectivity index (χ1n) is 11.8. The second-order valence-electron chi connectivity index (χ2n) is 9.40. The van der Waals surface area contributed by atoms with Crippen molar-refractivity contribution in [3.63, 3.8) is 0 Å². The summed E-state index contributed by atoms with van der Waals surface area (Å²) >= 11 is 0. The first-order chi connectivity index (χ1) is 16.4. The summed E-state index contributed by atoms with van der Waals surface area (Å²) in [7, 11) is 0. The van der Waals surface area contributed by atoms with Crippen LogP contribution in [0.4, 0.5) is 5.69 Å². The van der Waals surface area contributed by atoms with Crippen LogP contribution in [0.1, 0.15) is 52.6 Å². The Bertz CT molecular complexity index is 1430. The molecule has 0 bridgehead atoms. The van der Waals surface area contributed by atoms with Crippen molar-refractivity contribution in [3.05, 3.63) is 74.6 Å². The van der Waals surface area contributed by atoms with E-state index in [1.54, 1.807) is 17.0 Å². The second kappa shape index (κ2) is 7.27. The number of likely N-dealkylation sites (N-methyl/N-ethyl adjacent to an activating group) is 1. The van der Waals surface area contributed by atoms with Gasteiger partial charge in [0, 0.05) is 25.3 Å². The molecule has 2 aromatic carbocycles. The molecule has 7 nitrogen and oxygen atoms in total. The van der Waals surface area contributed by atoms with Crippen LogP contribution in [0.5, 0.6) is 0 Å². The van der Waals surface area contributed by atoms with Crippen LogP contribution in [0.15, 0.2) is 45.6 Å². The molecule has 2 amide bonds. The number of carbonyl (C=O) groups is 2. The number of aryl methyl sites for hydroxylation is 2. The molecule has 3 aliphatic heterocycles. The lowest BCUT2D eigenvalue weighted by Gasteiger charge is -2.35. The Hall–Kier alpha value is -3.45. The number of hydrogen-bond donors (Lipinski definition) is 0. The molecule has 0 aliphatic carbocycles. The third kappa shape index (κ3) is 2.53. The second-order valence-corrected chi connectivity index (χ2v) is 9.40. The molecule has 1 aromatic heterocycles. The Labute approximate surface area is 196 Å². The van der Waals surface area contributed by atoms with Crippen LogP contribution in [-0.4, -0.2) is 42.5 Å². The van der Waals surface area contributed by atoms with Crippen molar-refractivity contribution in [3.8, 4) is 0 Å². The SMILES string of the molecule is CCN1C(=O)[C@]2(c3ccccc31)c1c(oc3cc(C)c(C)cc3c1=O)C(=O)N2C[C@H]1CCCO1. The van der Waals surface area contributed by atoms with Gasteiger partial charge in [-0.3, -0.25) is 14.4 Å². The molecule has 3 aromatic rings. The molecule has 0 unspecified atom stereocenters. The van der Waals surface area contributed by atoms with Gasteiger partial charge in [0.25, 0.3) is 11.8 Å². The maximum atomic E-state index is 14.2. The quantitative estimate of drug-likeness (QED) is 0.599. The number of carbonyl (C=O) groups excluding carboxylic acids is 2. The first kappa shape index (κ1) is 21.1. The number of benzene rings is 2. The zero-order valence-electron chi connectivity index (χ0n) is 19.5. The lowest BCUT2D eigenvalue weighted by atomic mass is 9.83. The summed E-state index contributed by atoms with van der Waals surface area (Å²) in [4.78, 5) is 45.4. The molecule has 0 saturated carbocycles. The van der Waals surface area contributed by atoms with Gasteiger partial charge in [0.2, 0.25) is 5.76 Å². The van der Waals surface area contributed by atoms with Crippen LogP contribution in [-0.2, 0) is 15.1 Å². The molecule has 2 atom stereocenters. The van der Waals surface area contributed by atoms with E-state index in [9.17, 15) is 14.4 Å². The molecule has 1 fully saturated rings. The zero-order valence-corrected chi connectivity index (χ0v) is 19.5. The molecule has 0 radical (unpaired) electrons. The van der Waals surface area contributed by atoms with E-state index < -0.39 is 11.4 Å². The molecule has 1 saturated heterocycles. The molecule has 1 spiro atoms. The fourth-order valence-electron chi connectivity index (χ4n) is 5.80. The highest BCUT2D eigenvalue weighted by Gasteiger charge is 2.65. The Balaban J connectivity index is 1.71. The normalized spacial score (nSPS) is 23.4. The minimum Gasteiger partial charge on any atom is -0.450 e. The van der Waals surface area contributed by atoms with Crippen LogP contribution in [0.25, 0.3) is 11.0 Å². The summed E-state index contributed by atoms with van der Waals surface area (Å²) in [6, 6.07) is 11.0. The summed E-state index contributed by atoms with van der Waals surface area (Å²) in [5.41, 5.74) is 1.87. The monoisotopic (exact) mass is 458 g/mol. The Morgan fingerprint density at radius 2 is 1.85 bits per heavy atom. The Kier molecular flexibility index (Phi) is 4.51. The minimum absolute atomic E-state index is 0.0418. The van der Waals surface area contributed by atoms with E-state index in [1.165, 1.54) is 4.90 Å². The average Bonchev–Trinajstić information content (AvgIpc) is 3.49. The molecule has 6 rings (SSSR count). The number of amides is 2. The van der Waals surface area contributed by atoms with Gasteiger partial charge in [-0.15, -0.1) is 0 Å². The maximum absolute atomic E-state index is 14.2. The third-order valence-corrected chi connectivity index (χ3v) is 7.58. The average molecular weight is 459 g/mol. The van der Waals surface area contributed by atoms with E-state index in [1.807, 2.05) is 45.0 Å². The van der Waals surface area contributed by atoms with Gasteiger partial charge < -0.3 is 19.0 Å². The third-order valence-electron chi connectivity index (χ3n) is 7.58. The van der Waals surface area contributed by atoms with Gasteiger partial charge >= 0.3 is 0 Å². The van der Waals surface area contributed by atoms with E-state index >= 15 is 0 Å². The fraction of sp³-hybridized carbons (Fsp3) is 0.370. The molecule has 7 heteroatoms. The van der Waals surface area contributed by atoms with E-state index in [2.05, 4.69) is 0 Å². The summed E-state index contributed by atoms with van der Waals surface area (Å²) < 4.78 is 12.0. The predicted octanol–water partition coefficient (Wildman–Crippen LogP) is 3.65. The van der Waals surface area contributed by atoms with Gasteiger partial charge in [-0.25, -0.2) is 0 Å². The number of nitrogens with zero attached hydrogens (tertiary/aromatic N) is 2. The maximum Gasteiger partial charge on any atom is 0.291 e. The van der Waals surface area contributed by atoms with Crippen molar-refractivity contribution in [1.29, 1.82) is 0 Å². The predicted molar refractivity (Wildman–Crippen MR) is 127 cm³/mol. The number of hydrogen-bond acceptors (Lipinski definition) is 5. The molecule has 34 heavy (non-hydrogen) atoms. The van der Waals surface area contributed by atoms with E-state index in [0.29, 0.717) is 35.4 Å². The van der Waals surface area contributed by atoms with Crippen molar-refractivity contribution in [2.24, 2.45) is 0 Å². The highest BCUT2D eigenvalue weighted by atomic mass is 16.5.